The molecule has 0 aromatic carbocycles. The number of hydrazine groups is 1. The largest absolute Gasteiger partial charge is 0.492 e. The first-order valence-corrected chi connectivity index (χ1v) is 7.35. The highest BCUT2D eigenvalue weighted by molar-refractivity contribution is 5.28. The molecule has 0 aliphatic heterocycles. The number of nitrogens with one attached hydrogen (secondary N) is 1. The summed E-state index contributed by atoms with van der Waals surface area (Å²) < 4.78 is 11.4. The second-order valence-corrected chi connectivity index (χ2v) is 5.32. The average molecular weight is 279 g/mol. The fourth-order valence-electron chi connectivity index (χ4n) is 3.15. The van der Waals surface area contributed by atoms with Gasteiger partial charge < -0.3 is 9.47 Å². The molecule has 1 saturated carbocycles. The van der Waals surface area contributed by atoms with E-state index in [2.05, 4.69) is 10.4 Å². The molecule has 0 bridgehead atoms. The summed E-state index contributed by atoms with van der Waals surface area (Å²) in [6.45, 7) is 2.59. The van der Waals surface area contributed by atoms with Gasteiger partial charge in [-0.05, 0) is 31.4 Å². The summed E-state index contributed by atoms with van der Waals surface area (Å²) in [5.74, 6) is 6.59. The van der Waals surface area contributed by atoms with E-state index in [0.717, 1.165) is 24.2 Å². The molecule has 0 radical (unpaired) electrons. The van der Waals surface area contributed by atoms with Gasteiger partial charge in [-0.1, -0.05) is 19.3 Å². The summed E-state index contributed by atoms with van der Waals surface area (Å²) in [7, 11) is 1.77. The standard InChI is InChI=1S/C15H25N3O2/c1-3-20-13-9-12(10-17-11-13)14(18-16)15(19-2)7-5-4-6-8-15/h9-11,14,18H,3-8,16H2,1-2H3. The summed E-state index contributed by atoms with van der Waals surface area (Å²) >= 11 is 0. The van der Waals surface area contributed by atoms with Crippen LogP contribution in [0.5, 0.6) is 5.75 Å². The maximum absolute atomic E-state index is 5.87. The predicted octanol–water partition coefficient (Wildman–Crippen LogP) is 2.33. The number of aromatic nitrogens is 1. The highest BCUT2D eigenvalue weighted by atomic mass is 16.5. The zero-order chi connectivity index (χ0) is 14.4. The Hall–Kier alpha value is -1.17. The van der Waals surface area contributed by atoms with E-state index >= 15 is 0 Å². The molecule has 1 aromatic heterocycles. The molecule has 1 atom stereocenters. The first-order valence-electron chi connectivity index (χ1n) is 7.35. The monoisotopic (exact) mass is 279 g/mol. The van der Waals surface area contributed by atoms with E-state index in [1.54, 1.807) is 13.3 Å². The van der Waals surface area contributed by atoms with Gasteiger partial charge in [0, 0.05) is 13.3 Å². The van der Waals surface area contributed by atoms with Crippen molar-refractivity contribution >= 4 is 0 Å². The minimum atomic E-state index is -0.250. The molecular formula is C15H25N3O2. The van der Waals surface area contributed by atoms with Gasteiger partial charge >= 0.3 is 0 Å². The highest BCUT2D eigenvalue weighted by Crippen LogP contribution is 2.41. The Labute approximate surface area is 120 Å². The van der Waals surface area contributed by atoms with Crippen LogP contribution >= 0.6 is 0 Å². The molecule has 1 heterocycles. The van der Waals surface area contributed by atoms with Crippen LogP contribution in [0.15, 0.2) is 18.5 Å². The lowest BCUT2D eigenvalue weighted by molar-refractivity contribution is -0.0689. The number of nitrogens with zero attached hydrogens (tertiary/aromatic N) is 1. The van der Waals surface area contributed by atoms with E-state index in [1.165, 1.54) is 19.3 Å². The molecule has 112 valence electrons. The summed E-state index contributed by atoms with van der Waals surface area (Å²) in [4.78, 5) is 4.26. The summed E-state index contributed by atoms with van der Waals surface area (Å²) in [5, 5.41) is 0. The second kappa shape index (κ2) is 7.02. The van der Waals surface area contributed by atoms with Gasteiger partial charge in [0.2, 0.25) is 0 Å². The van der Waals surface area contributed by atoms with E-state index in [1.807, 2.05) is 19.2 Å². The van der Waals surface area contributed by atoms with Crippen LogP contribution in [-0.4, -0.2) is 24.3 Å². The van der Waals surface area contributed by atoms with Crippen LogP contribution in [-0.2, 0) is 4.74 Å². The zero-order valence-electron chi connectivity index (χ0n) is 12.4. The van der Waals surface area contributed by atoms with E-state index in [0.29, 0.717) is 6.61 Å². The molecule has 20 heavy (non-hydrogen) atoms. The van der Waals surface area contributed by atoms with E-state index in [-0.39, 0.29) is 11.6 Å². The number of nitrogens with two attached hydrogens (primary N) is 1. The van der Waals surface area contributed by atoms with Gasteiger partial charge in [0.1, 0.15) is 5.75 Å². The third-order valence-corrected chi connectivity index (χ3v) is 4.18. The van der Waals surface area contributed by atoms with Crippen LogP contribution in [0.3, 0.4) is 0 Å². The molecule has 1 aliphatic carbocycles. The summed E-state index contributed by atoms with van der Waals surface area (Å²) in [6.07, 6.45) is 9.19. The molecule has 0 amide bonds. The highest BCUT2D eigenvalue weighted by Gasteiger charge is 2.40. The lowest BCUT2D eigenvalue weighted by Crippen LogP contribution is -2.49. The zero-order valence-corrected chi connectivity index (χ0v) is 12.4. The van der Waals surface area contributed by atoms with Crippen molar-refractivity contribution in [2.24, 2.45) is 5.84 Å². The van der Waals surface area contributed by atoms with Gasteiger partial charge in [-0.25, -0.2) is 0 Å². The van der Waals surface area contributed by atoms with E-state index in [9.17, 15) is 0 Å². The fraction of sp³-hybridized carbons (Fsp3) is 0.667. The lowest BCUT2D eigenvalue weighted by Gasteiger charge is -2.42. The third kappa shape index (κ3) is 3.11. The number of methoxy groups -OCH3 is 1. The van der Waals surface area contributed by atoms with Gasteiger partial charge in [0.05, 0.1) is 24.4 Å². The predicted molar refractivity (Wildman–Crippen MR) is 78.3 cm³/mol. The molecule has 5 nitrogen and oxygen atoms in total. The number of pyridine rings is 1. The topological polar surface area (TPSA) is 69.4 Å². The molecule has 0 spiro atoms. The van der Waals surface area contributed by atoms with Crippen molar-refractivity contribution in [3.8, 4) is 5.75 Å². The van der Waals surface area contributed by atoms with Gasteiger partial charge in [-0.2, -0.15) is 0 Å². The van der Waals surface area contributed by atoms with Crippen molar-refractivity contribution < 1.29 is 9.47 Å². The van der Waals surface area contributed by atoms with Crippen molar-refractivity contribution in [1.82, 2.24) is 10.4 Å². The Bertz CT molecular complexity index is 419. The Morgan fingerprint density at radius 2 is 2.10 bits per heavy atom. The summed E-state index contributed by atoms with van der Waals surface area (Å²) in [6, 6.07) is 1.93. The molecule has 1 fully saturated rings. The maximum atomic E-state index is 5.87. The Kier molecular flexibility index (Phi) is 5.34. The second-order valence-electron chi connectivity index (χ2n) is 5.32. The minimum absolute atomic E-state index is 0.0688. The van der Waals surface area contributed by atoms with Crippen LogP contribution in [0.2, 0.25) is 0 Å². The van der Waals surface area contributed by atoms with E-state index < -0.39 is 0 Å². The number of ether oxygens (including phenoxy) is 2. The molecule has 5 heteroatoms. The Morgan fingerprint density at radius 3 is 2.70 bits per heavy atom. The molecular weight excluding hydrogens is 254 g/mol. The third-order valence-electron chi connectivity index (χ3n) is 4.18. The first-order chi connectivity index (χ1) is 9.75. The van der Waals surface area contributed by atoms with Crippen LogP contribution < -0.4 is 16.0 Å². The van der Waals surface area contributed by atoms with Crippen molar-refractivity contribution in [2.45, 2.75) is 50.7 Å². The van der Waals surface area contributed by atoms with Gasteiger partial charge in [0.25, 0.3) is 0 Å². The molecule has 0 saturated heterocycles. The molecule has 2 rings (SSSR count). The minimum Gasteiger partial charge on any atom is -0.492 e. The molecule has 1 aromatic rings. The molecule has 1 unspecified atom stereocenters. The van der Waals surface area contributed by atoms with Crippen LogP contribution in [0.25, 0.3) is 0 Å². The van der Waals surface area contributed by atoms with Gasteiger partial charge in [-0.15, -0.1) is 0 Å². The lowest BCUT2D eigenvalue weighted by atomic mass is 9.77. The van der Waals surface area contributed by atoms with Crippen molar-refractivity contribution in [2.75, 3.05) is 13.7 Å². The fourth-order valence-corrected chi connectivity index (χ4v) is 3.15. The summed E-state index contributed by atoms with van der Waals surface area (Å²) in [5.41, 5.74) is 3.69. The maximum Gasteiger partial charge on any atom is 0.137 e. The Morgan fingerprint density at radius 1 is 1.35 bits per heavy atom. The van der Waals surface area contributed by atoms with Gasteiger partial charge in [0.15, 0.2) is 0 Å². The van der Waals surface area contributed by atoms with Gasteiger partial charge in [-0.3, -0.25) is 16.3 Å². The average Bonchev–Trinajstić information content (AvgIpc) is 2.50. The van der Waals surface area contributed by atoms with Crippen LogP contribution in [0, 0.1) is 0 Å². The SMILES string of the molecule is CCOc1cncc(C(NN)C2(OC)CCCCC2)c1. The Balaban J connectivity index is 2.27. The number of hydrogen-bond donors (Lipinski definition) is 2. The number of hydrogen-bond acceptors (Lipinski definition) is 5. The van der Waals surface area contributed by atoms with E-state index in [4.69, 9.17) is 15.3 Å². The van der Waals surface area contributed by atoms with Crippen molar-refractivity contribution in [3.05, 3.63) is 24.0 Å². The quantitative estimate of drug-likeness (QED) is 0.618. The molecule has 1 aliphatic rings. The smallest absolute Gasteiger partial charge is 0.137 e. The number of rotatable bonds is 6. The first kappa shape index (κ1) is 15.2. The van der Waals surface area contributed by atoms with Crippen molar-refractivity contribution in [3.63, 3.8) is 0 Å². The molecule has 3 N–H and O–H groups in total. The van der Waals surface area contributed by atoms with Crippen LogP contribution in [0.1, 0.15) is 50.6 Å². The normalized spacial score (nSPS) is 19.6. The van der Waals surface area contributed by atoms with Crippen LogP contribution in [0.4, 0.5) is 0 Å². The van der Waals surface area contributed by atoms with Crippen molar-refractivity contribution in [1.29, 1.82) is 0 Å².